The zero-order valence-electron chi connectivity index (χ0n) is 30.7. The van der Waals surface area contributed by atoms with Crippen LogP contribution in [0, 0.1) is 50.7 Å². The fourth-order valence-corrected chi connectivity index (χ4v) is 14.0. The highest BCUT2D eigenvalue weighted by Gasteiger charge is 2.83. The summed E-state index contributed by atoms with van der Waals surface area (Å²) >= 11 is 0. The van der Waals surface area contributed by atoms with Crippen molar-refractivity contribution >= 4 is 5.97 Å². The van der Waals surface area contributed by atoms with Crippen molar-refractivity contribution < 1.29 is 28.8 Å². The Balaban J connectivity index is 1.11. The molecule has 2 aliphatic heterocycles. The lowest BCUT2D eigenvalue weighted by molar-refractivity contribution is -0.249. The van der Waals surface area contributed by atoms with Crippen LogP contribution in [0.2, 0.25) is 0 Å². The van der Waals surface area contributed by atoms with Gasteiger partial charge in [0.25, 0.3) is 0 Å². The van der Waals surface area contributed by atoms with Crippen molar-refractivity contribution in [3.63, 3.8) is 0 Å². The van der Waals surface area contributed by atoms with E-state index in [1.54, 1.807) is 13.8 Å². The van der Waals surface area contributed by atoms with E-state index in [1.165, 1.54) is 45.4 Å². The van der Waals surface area contributed by atoms with E-state index in [2.05, 4.69) is 53.4 Å². The Hall–Kier alpha value is -0.730. The molecule has 7 nitrogen and oxygen atoms in total. The second-order valence-electron chi connectivity index (χ2n) is 19.2. The summed E-state index contributed by atoms with van der Waals surface area (Å²) in [5.41, 5.74) is 0.331. The lowest BCUT2D eigenvalue weighted by Gasteiger charge is -2.63. The minimum atomic E-state index is -1.16. The van der Waals surface area contributed by atoms with E-state index in [-0.39, 0.29) is 46.8 Å². The maximum atomic E-state index is 12.1. The average Bonchev–Trinajstić information content (AvgIpc) is 3.55. The highest BCUT2D eigenvalue weighted by Crippen LogP contribution is 2.89. The minimum absolute atomic E-state index is 0.113. The maximum Gasteiger partial charge on any atom is 0.303 e. The van der Waals surface area contributed by atoms with Gasteiger partial charge in [-0.05, 0) is 136 Å². The molecule has 2 spiro atoms. The number of hydrogen-bond donors (Lipinski definition) is 1. The number of ether oxygens (including phenoxy) is 4. The molecular formula is C39H65NO6. The zero-order valence-corrected chi connectivity index (χ0v) is 30.7. The van der Waals surface area contributed by atoms with Crippen LogP contribution >= 0.6 is 0 Å². The van der Waals surface area contributed by atoms with Gasteiger partial charge < -0.3 is 24.1 Å². The predicted molar refractivity (Wildman–Crippen MR) is 178 cm³/mol. The van der Waals surface area contributed by atoms with E-state index in [9.17, 15) is 9.90 Å². The van der Waals surface area contributed by atoms with Crippen LogP contribution in [0.25, 0.3) is 0 Å². The smallest absolute Gasteiger partial charge is 0.303 e. The number of rotatable bonds is 6. The molecule has 0 amide bonds. The minimum Gasteiger partial charge on any atom is -0.457 e. The third-order valence-electron chi connectivity index (χ3n) is 16.1. The van der Waals surface area contributed by atoms with Crippen molar-refractivity contribution in [2.75, 3.05) is 19.7 Å². The molecule has 7 heteroatoms. The molecule has 6 unspecified atom stereocenters. The van der Waals surface area contributed by atoms with Crippen LogP contribution in [0.1, 0.15) is 127 Å². The topological polar surface area (TPSA) is 77.5 Å². The van der Waals surface area contributed by atoms with E-state index in [4.69, 9.17) is 18.9 Å². The number of nitrogens with zero attached hydrogens (tertiary/aromatic N) is 1. The Kier molecular flexibility index (Phi) is 7.99. The van der Waals surface area contributed by atoms with Gasteiger partial charge >= 0.3 is 5.97 Å². The van der Waals surface area contributed by atoms with Crippen LogP contribution in [0.4, 0.5) is 0 Å². The number of hydrogen-bond acceptors (Lipinski definition) is 7. The third kappa shape index (κ3) is 4.70. The van der Waals surface area contributed by atoms with Crippen LogP contribution in [0.3, 0.4) is 0 Å². The zero-order chi connectivity index (χ0) is 33.2. The Morgan fingerprint density at radius 1 is 1.00 bits per heavy atom. The average molecular weight is 644 g/mol. The predicted octanol–water partition coefficient (Wildman–Crippen LogP) is 6.98. The lowest BCUT2D eigenvalue weighted by Crippen LogP contribution is -2.59. The van der Waals surface area contributed by atoms with Crippen LogP contribution in [-0.4, -0.2) is 78.0 Å². The van der Waals surface area contributed by atoms with E-state index in [0.717, 1.165) is 44.9 Å². The first-order valence-electron chi connectivity index (χ1n) is 19.0. The third-order valence-corrected chi connectivity index (χ3v) is 16.1. The largest absolute Gasteiger partial charge is 0.457 e. The fourth-order valence-electron chi connectivity index (χ4n) is 14.0. The summed E-state index contributed by atoms with van der Waals surface area (Å²) in [5, 5.41) is 11.0. The Bertz CT molecular complexity index is 1200. The van der Waals surface area contributed by atoms with Crippen molar-refractivity contribution in [1.29, 1.82) is 0 Å². The number of fused-ring (bicyclic) bond motifs is 4. The van der Waals surface area contributed by atoms with Crippen LogP contribution < -0.4 is 0 Å². The van der Waals surface area contributed by atoms with Crippen LogP contribution in [0.15, 0.2) is 0 Å². The Morgan fingerprint density at radius 2 is 1.70 bits per heavy atom. The molecule has 1 N–H and O–H groups in total. The lowest BCUT2D eigenvalue weighted by atomic mass is 9.41. The van der Waals surface area contributed by atoms with Crippen molar-refractivity contribution in [2.24, 2.45) is 50.7 Å². The molecule has 5 saturated carbocycles. The number of morpholine rings is 1. The van der Waals surface area contributed by atoms with Gasteiger partial charge in [0.1, 0.15) is 0 Å². The summed E-state index contributed by atoms with van der Waals surface area (Å²) in [4.78, 5) is 14.6. The Morgan fingerprint density at radius 3 is 2.37 bits per heavy atom. The summed E-state index contributed by atoms with van der Waals surface area (Å²) in [7, 11) is 0. The van der Waals surface area contributed by atoms with E-state index in [0.29, 0.717) is 34.6 Å². The van der Waals surface area contributed by atoms with Crippen LogP contribution in [0.5, 0.6) is 0 Å². The molecule has 0 aromatic heterocycles. The van der Waals surface area contributed by atoms with Gasteiger partial charge in [-0.2, -0.15) is 0 Å². The van der Waals surface area contributed by atoms with Crippen molar-refractivity contribution in [3.8, 4) is 0 Å². The van der Waals surface area contributed by atoms with Gasteiger partial charge in [-0.1, -0.05) is 34.6 Å². The summed E-state index contributed by atoms with van der Waals surface area (Å²) < 4.78 is 25.8. The number of esters is 1. The number of carbonyl (C=O) groups excluding carboxylic acids is 1. The quantitative estimate of drug-likeness (QED) is 0.313. The monoisotopic (exact) mass is 643 g/mol. The molecule has 7 rings (SSSR count). The number of aliphatic hydroxyl groups is 1. The first kappa shape index (κ1) is 33.8. The second kappa shape index (κ2) is 10.9. The molecule has 7 aliphatic rings. The van der Waals surface area contributed by atoms with Gasteiger partial charge in [0.2, 0.25) is 0 Å². The SMILES string of the molecule is CC(=O)O[C@@H](C1C[C@@H](C)C2C(C[C@@]3(C)[C@@H]4CCC5C(C)(C)[C@@H](OC6CN(C(C)C)CCO6)CCC56C[C@@]46CC[C@]23C)O1)C(C)(C)O. The molecule has 0 bridgehead atoms. The molecule has 7 fully saturated rings. The molecule has 0 aromatic carbocycles. The highest BCUT2D eigenvalue weighted by molar-refractivity contribution is 5.66. The standard InChI is InChI=1S/C39H65NO6/c1-23(2)40-17-18-43-31(21-40)46-30-13-14-38-22-39(38)16-15-36(9)32-24(3)19-26(33(35(7,8)42)44-25(4)41)45-27(32)20-37(36,10)29(39)12-11-28(38)34(30,5)6/h23-24,26-33,42H,11-22H2,1-10H3/t24-,26?,27?,28?,29+,30+,31?,32?,33+,36-,37+,38?,39+/m1/s1. The first-order chi connectivity index (χ1) is 21.4. The highest BCUT2D eigenvalue weighted by atomic mass is 16.7. The molecular weight excluding hydrogens is 578 g/mol. The normalized spacial score (nSPS) is 50.4. The van der Waals surface area contributed by atoms with Gasteiger partial charge in [0.15, 0.2) is 12.4 Å². The molecule has 2 heterocycles. The molecule has 46 heavy (non-hydrogen) atoms. The number of carbonyl (C=O) groups is 1. The summed E-state index contributed by atoms with van der Waals surface area (Å²) in [6.45, 7) is 24.8. The summed E-state index contributed by atoms with van der Waals surface area (Å²) in [6, 6.07) is 0.521. The van der Waals surface area contributed by atoms with E-state index >= 15 is 0 Å². The van der Waals surface area contributed by atoms with Gasteiger partial charge in [0, 0.05) is 26.1 Å². The van der Waals surface area contributed by atoms with E-state index < -0.39 is 11.7 Å². The Labute approximate surface area is 279 Å². The van der Waals surface area contributed by atoms with E-state index in [1.807, 2.05) is 0 Å². The van der Waals surface area contributed by atoms with Crippen molar-refractivity contribution in [3.05, 3.63) is 0 Å². The second-order valence-corrected chi connectivity index (χ2v) is 19.2. The summed E-state index contributed by atoms with van der Waals surface area (Å²) in [6.07, 6.45) is 10.4. The van der Waals surface area contributed by atoms with Crippen molar-refractivity contribution in [2.45, 2.75) is 169 Å². The molecule has 262 valence electrons. The first-order valence-corrected chi connectivity index (χ1v) is 19.0. The fraction of sp³-hybridized carbons (Fsp3) is 0.974. The molecule has 2 saturated heterocycles. The van der Waals surface area contributed by atoms with Crippen LogP contribution in [-0.2, 0) is 23.7 Å². The van der Waals surface area contributed by atoms with Gasteiger partial charge in [-0.3, -0.25) is 9.69 Å². The molecule has 13 atom stereocenters. The maximum absolute atomic E-state index is 12.1. The molecule has 0 aromatic rings. The van der Waals surface area contributed by atoms with Gasteiger partial charge in [0.05, 0.1) is 30.5 Å². The summed E-state index contributed by atoms with van der Waals surface area (Å²) in [5.74, 6) is 2.03. The molecule has 5 aliphatic carbocycles. The van der Waals surface area contributed by atoms with Gasteiger partial charge in [-0.15, -0.1) is 0 Å². The van der Waals surface area contributed by atoms with Gasteiger partial charge in [-0.25, -0.2) is 0 Å². The molecule has 0 radical (unpaired) electrons. The van der Waals surface area contributed by atoms with Crippen molar-refractivity contribution in [1.82, 2.24) is 4.90 Å².